The largest absolute Gasteiger partial charge is 0.368 e. The molecule has 0 unspecified atom stereocenters. The van der Waals surface area contributed by atoms with Gasteiger partial charge in [0.05, 0.1) is 23.3 Å². The second kappa shape index (κ2) is 10.2. The number of hydrogen-bond acceptors (Lipinski definition) is 7. The Bertz CT molecular complexity index is 1600. The first-order valence-corrected chi connectivity index (χ1v) is 13.1. The van der Waals surface area contributed by atoms with Crippen molar-refractivity contribution in [2.24, 2.45) is 0 Å². The second-order valence-electron chi connectivity index (χ2n) is 9.87. The van der Waals surface area contributed by atoms with Gasteiger partial charge in [0.2, 0.25) is 5.91 Å². The van der Waals surface area contributed by atoms with Gasteiger partial charge in [-0.05, 0) is 37.7 Å². The number of H-pyrrole nitrogens is 2. The average molecular weight is 510 g/mol. The molecule has 1 saturated heterocycles. The van der Waals surface area contributed by atoms with Crippen LogP contribution >= 0.6 is 0 Å². The zero-order valence-electron chi connectivity index (χ0n) is 21.7. The summed E-state index contributed by atoms with van der Waals surface area (Å²) in [4.78, 5) is 34.0. The standard InChI is InChI=1S/C28H31N9O/c1-3-4-5-25(38)32-20-12-18(15-29-17-20)19-13-22-26(34-35-28(22)31-16-19)23-14-21-24(6-7-30-27(21)33-23)37-10-8-36(2)9-11-37/h6-7,12-17H,3-5,8-11H2,1-2H3,(H,30,33)(H,32,38)(H,31,34,35). The van der Waals surface area contributed by atoms with Crippen LogP contribution in [0.5, 0.6) is 0 Å². The van der Waals surface area contributed by atoms with Crippen LogP contribution in [-0.2, 0) is 4.79 Å². The number of unbranched alkanes of at least 4 members (excludes halogenated alkanes) is 1. The van der Waals surface area contributed by atoms with Crippen molar-refractivity contribution in [3.8, 4) is 22.5 Å². The summed E-state index contributed by atoms with van der Waals surface area (Å²) in [6, 6.07) is 8.22. The number of aromatic nitrogens is 6. The monoisotopic (exact) mass is 509 g/mol. The predicted molar refractivity (Wildman–Crippen MR) is 150 cm³/mol. The number of anilines is 2. The maximum atomic E-state index is 12.2. The molecule has 0 saturated carbocycles. The number of piperazine rings is 1. The molecule has 0 spiro atoms. The van der Waals surface area contributed by atoms with Gasteiger partial charge in [0.15, 0.2) is 5.65 Å². The van der Waals surface area contributed by atoms with Crippen LogP contribution in [0.1, 0.15) is 26.2 Å². The van der Waals surface area contributed by atoms with Crippen molar-refractivity contribution in [3.63, 3.8) is 0 Å². The maximum Gasteiger partial charge on any atom is 0.224 e. The smallest absolute Gasteiger partial charge is 0.224 e. The molecule has 6 heterocycles. The molecule has 1 aliphatic heterocycles. The summed E-state index contributed by atoms with van der Waals surface area (Å²) in [6.45, 7) is 6.13. The molecular formula is C28H31N9O. The number of fused-ring (bicyclic) bond motifs is 2. The molecule has 0 atom stereocenters. The Morgan fingerprint density at radius 1 is 1.03 bits per heavy atom. The molecule has 0 aromatic carbocycles. The van der Waals surface area contributed by atoms with Crippen LogP contribution in [0.15, 0.2) is 49.1 Å². The van der Waals surface area contributed by atoms with Gasteiger partial charge in [-0.1, -0.05) is 13.3 Å². The van der Waals surface area contributed by atoms with E-state index in [1.807, 2.05) is 12.3 Å². The zero-order chi connectivity index (χ0) is 26.1. The molecule has 5 aromatic heterocycles. The van der Waals surface area contributed by atoms with Crippen LogP contribution in [0.3, 0.4) is 0 Å². The lowest BCUT2D eigenvalue weighted by Crippen LogP contribution is -2.44. The molecule has 0 radical (unpaired) electrons. The van der Waals surface area contributed by atoms with E-state index in [9.17, 15) is 4.79 Å². The van der Waals surface area contributed by atoms with E-state index in [-0.39, 0.29) is 5.91 Å². The molecule has 38 heavy (non-hydrogen) atoms. The third-order valence-electron chi connectivity index (χ3n) is 7.14. The lowest BCUT2D eigenvalue weighted by atomic mass is 10.1. The molecule has 5 aromatic rings. The Hall–Kier alpha value is -4.31. The number of pyridine rings is 3. The number of likely N-dealkylation sites (N-methyl/N-ethyl adjacent to an activating group) is 1. The predicted octanol–water partition coefficient (Wildman–Crippen LogP) is 4.44. The number of carbonyl (C=O) groups is 1. The zero-order valence-corrected chi connectivity index (χ0v) is 21.7. The van der Waals surface area contributed by atoms with Gasteiger partial charge < -0.3 is 20.1 Å². The van der Waals surface area contributed by atoms with Crippen molar-refractivity contribution in [2.75, 3.05) is 43.4 Å². The topological polar surface area (TPSA) is 119 Å². The molecule has 0 bridgehead atoms. The molecule has 194 valence electrons. The van der Waals surface area contributed by atoms with Crippen LogP contribution in [-0.4, -0.2) is 74.2 Å². The first-order valence-electron chi connectivity index (χ1n) is 13.1. The number of nitrogens with zero attached hydrogens (tertiary/aromatic N) is 6. The van der Waals surface area contributed by atoms with E-state index in [1.165, 1.54) is 5.69 Å². The molecule has 10 nitrogen and oxygen atoms in total. The van der Waals surface area contributed by atoms with Crippen molar-refractivity contribution >= 4 is 39.3 Å². The summed E-state index contributed by atoms with van der Waals surface area (Å²) in [5.74, 6) is -0.000128. The molecule has 10 heteroatoms. The van der Waals surface area contributed by atoms with Gasteiger partial charge >= 0.3 is 0 Å². The molecular weight excluding hydrogens is 478 g/mol. The highest BCUT2D eigenvalue weighted by atomic mass is 16.1. The molecule has 1 aliphatic rings. The maximum absolute atomic E-state index is 12.2. The normalized spacial score (nSPS) is 14.4. The Kier molecular flexibility index (Phi) is 6.47. The van der Waals surface area contributed by atoms with Crippen LogP contribution in [0, 0.1) is 0 Å². The molecule has 1 fully saturated rings. The SMILES string of the molecule is CCCCC(=O)Nc1cncc(-c2cnc3n[nH]c(-c4cc5c(N6CCN(C)CC6)ccnc5[nH]4)c3c2)c1. The van der Waals surface area contributed by atoms with Crippen molar-refractivity contribution in [1.82, 2.24) is 35.0 Å². The third-order valence-corrected chi connectivity index (χ3v) is 7.14. The minimum atomic E-state index is -0.000128. The highest BCUT2D eigenvalue weighted by molar-refractivity contribution is 5.99. The lowest BCUT2D eigenvalue weighted by Gasteiger charge is -2.34. The van der Waals surface area contributed by atoms with E-state index in [0.717, 1.165) is 78.0 Å². The average Bonchev–Trinajstić information content (AvgIpc) is 3.56. The first-order chi connectivity index (χ1) is 18.6. The van der Waals surface area contributed by atoms with Crippen molar-refractivity contribution in [2.45, 2.75) is 26.2 Å². The van der Waals surface area contributed by atoms with Crippen molar-refractivity contribution in [1.29, 1.82) is 0 Å². The molecule has 1 amide bonds. The number of amides is 1. The van der Waals surface area contributed by atoms with Gasteiger partial charge in [-0.15, -0.1) is 0 Å². The van der Waals surface area contributed by atoms with Crippen LogP contribution < -0.4 is 10.2 Å². The molecule has 6 rings (SSSR count). The van der Waals surface area contributed by atoms with E-state index in [2.05, 4.69) is 77.4 Å². The van der Waals surface area contributed by atoms with Crippen LogP contribution in [0.4, 0.5) is 11.4 Å². The highest BCUT2D eigenvalue weighted by Gasteiger charge is 2.19. The van der Waals surface area contributed by atoms with Gasteiger partial charge in [-0.25, -0.2) is 9.97 Å². The molecule has 0 aliphatic carbocycles. The van der Waals surface area contributed by atoms with Crippen molar-refractivity contribution in [3.05, 3.63) is 49.1 Å². The summed E-state index contributed by atoms with van der Waals surface area (Å²) >= 11 is 0. The Morgan fingerprint density at radius 2 is 1.87 bits per heavy atom. The minimum absolute atomic E-state index is 0.000128. The number of aromatic amines is 2. The number of hydrogen-bond donors (Lipinski definition) is 3. The molecule has 3 N–H and O–H groups in total. The quantitative estimate of drug-likeness (QED) is 0.297. The summed E-state index contributed by atoms with van der Waals surface area (Å²) in [7, 11) is 2.16. The number of carbonyl (C=O) groups excluding carboxylic acids is 1. The fraction of sp³-hybridized carbons (Fsp3) is 0.321. The number of nitrogens with one attached hydrogen (secondary N) is 3. The van der Waals surface area contributed by atoms with E-state index in [0.29, 0.717) is 17.8 Å². The summed E-state index contributed by atoms with van der Waals surface area (Å²) in [6.07, 6.45) is 9.43. The highest BCUT2D eigenvalue weighted by Crippen LogP contribution is 2.34. The van der Waals surface area contributed by atoms with E-state index < -0.39 is 0 Å². The van der Waals surface area contributed by atoms with Gasteiger partial charge in [-0.3, -0.25) is 14.9 Å². The van der Waals surface area contributed by atoms with Crippen LogP contribution in [0.25, 0.3) is 44.6 Å². The summed E-state index contributed by atoms with van der Waals surface area (Å²) in [5, 5.41) is 12.5. The fourth-order valence-electron chi connectivity index (χ4n) is 4.96. The van der Waals surface area contributed by atoms with E-state index in [4.69, 9.17) is 0 Å². The van der Waals surface area contributed by atoms with Gasteiger partial charge in [0, 0.05) is 78.8 Å². The Labute approximate surface area is 220 Å². The van der Waals surface area contributed by atoms with Gasteiger partial charge in [0.1, 0.15) is 5.65 Å². The lowest BCUT2D eigenvalue weighted by molar-refractivity contribution is -0.116. The van der Waals surface area contributed by atoms with Gasteiger partial charge in [-0.2, -0.15) is 5.10 Å². The minimum Gasteiger partial charge on any atom is -0.368 e. The summed E-state index contributed by atoms with van der Waals surface area (Å²) in [5.41, 5.74) is 6.87. The Morgan fingerprint density at radius 3 is 2.71 bits per heavy atom. The fourth-order valence-corrected chi connectivity index (χ4v) is 4.96. The summed E-state index contributed by atoms with van der Waals surface area (Å²) < 4.78 is 0. The number of rotatable bonds is 7. The van der Waals surface area contributed by atoms with Crippen LogP contribution in [0.2, 0.25) is 0 Å². The van der Waals surface area contributed by atoms with E-state index >= 15 is 0 Å². The van der Waals surface area contributed by atoms with Crippen molar-refractivity contribution < 1.29 is 4.79 Å². The van der Waals surface area contributed by atoms with E-state index in [1.54, 1.807) is 18.6 Å². The van der Waals surface area contributed by atoms with Gasteiger partial charge in [0.25, 0.3) is 0 Å². The first kappa shape index (κ1) is 24.1. The Balaban J connectivity index is 1.33. The second-order valence-corrected chi connectivity index (χ2v) is 9.87. The third kappa shape index (κ3) is 4.70.